The molecule has 0 unspecified atom stereocenters. The molecule has 36 heavy (non-hydrogen) atoms. The first-order valence-corrected chi connectivity index (χ1v) is 11.6. The average Bonchev–Trinajstić information content (AvgIpc) is 3.24. The number of cyclic esters (lactones) is 1. The van der Waals surface area contributed by atoms with Crippen LogP contribution in [-0.4, -0.2) is 35.4 Å². The highest BCUT2D eigenvalue weighted by Crippen LogP contribution is 2.30. The standard InChI is InChI=1S/C27H27FN4O4/c1-17(33)2-8-22-16-32(27(35)36-22)21-7-9-23(24(28)14-21)19-3-5-20(6-4-19)25(26(29)34)31-15-18-10-12-30-13-11-18/h3-7,9-14,22,25,31H,2,8,15-16H2,1H3,(H2,29,34)/t22-,25+/m0/s1. The van der Waals surface area contributed by atoms with Gasteiger partial charge < -0.3 is 15.3 Å². The number of benzene rings is 2. The van der Waals surface area contributed by atoms with Crippen molar-refractivity contribution in [3.63, 3.8) is 0 Å². The van der Waals surface area contributed by atoms with E-state index < -0.39 is 30.0 Å². The van der Waals surface area contributed by atoms with Gasteiger partial charge in [0.25, 0.3) is 0 Å². The van der Waals surface area contributed by atoms with Crippen molar-refractivity contribution in [2.24, 2.45) is 5.73 Å². The lowest BCUT2D eigenvalue weighted by Crippen LogP contribution is -2.33. The Morgan fingerprint density at radius 3 is 2.53 bits per heavy atom. The van der Waals surface area contributed by atoms with Gasteiger partial charge >= 0.3 is 6.09 Å². The Balaban J connectivity index is 1.46. The zero-order chi connectivity index (χ0) is 25.7. The maximum atomic E-state index is 15.0. The molecule has 0 bridgehead atoms. The minimum Gasteiger partial charge on any atom is -0.444 e. The van der Waals surface area contributed by atoms with E-state index in [-0.39, 0.29) is 12.3 Å². The third kappa shape index (κ3) is 5.92. The first-order chi connectivity index (χ1) is 17.3. The van der Waals surface area contributed by atoms with Crippen LogP contribution in [0, 0.1) is 5.82 Å². The smallest absolute Gasteiger partial charge is 0.414 e. The summed E-state index contributed by atoms with van der Waals surface area (Å²) < 4.78 is 20.4. The van der Waals surface area contributed by atoms with Gasteiger partial charge in [-0.3, -0.25) is 20.0 Å². The van der Waals surface area contributed by atoms with Crippen molar-refractivity contribution in [1.82, 2.24) is 10.3 Å². The zero-order valence-electron chi connectivity index (χ0n) is 19.8. The first kappa shape index (κ1) is 25.0. The van der Waals surface area contributed by atoms with E-state index in [4.69, 9.17) is 10.5 Å². The van der Waals surface area contributed by atoms with Crippen LogP contribution in [0.3, 0.4) is 0 Å². The second-order valence-corrected chi connectivity index (χ2v) is 8.71. The topological polar surface area (TPSA) is 115 Å². The average molecular weight is 491 g/mol. The van der Waals surface area contributed by atoms with Gasteiger partial charge in [-0.15, -0.1) is 0 Å². The zero-order valence-corrected chi connectivity index (χ0v) is 19.8. The van der Waals surface area contributed by atoms with Crippen LogP contribution in [0.5, 0.6) is 0 Å². The molecule has 3 aromatic rings. The predicted octanol–water partition coefficient (Wildman–Crippen LogP) is 3.90. The van der Waals surface area contributed by atoms with Crippen molar-refractivity contribution in [3.05, 3.63) is 83.9 Å². The Hall–Kier alpha value is -4.11. The highest BCUT2D eigenvalue weighted by molar-refractivity contribution is 5.90. The fraction of sp³-hybridized carbons (Fsp3) is 0.259. The van der Waals surface area contributed by atoms with Crippen LogP contribution < -0.4 is 16.0 Å². The molecule has 1 aromatic heterocycles. The number of nitrogens with zero attached hydrogens (tertiary/aromatic N) is 2. The Morgan fingerprint density at radius 1 is 1.17 bits per heavy atom. The molecule has 2 atom stereocenters. The normalized spacial score (nSPS) is 16.0. The summed E-state index contributed by atoms with van der Waals surface area (Å²) in [5.74, 6) is -0.994. The van der Waals surface area contributed by atoms with E-state index in [2.05, 4.69) is 10.3 Å². The van der Waals surface area contributed by atoms with E-state index in [0.717, 1.165) is 5.56 Å². The highest BCUT2D eigenvalue weighted by Gasteiger charge is 2.32. The van der Waals surface area contributed by atoms with Gasteiger partial charge in [-0.1, -0.05) is 24.3 Å². The van der Waals surface area contributed by atoms with E-state index in [1.807, 2.05) is 12.1 Å². The molecule has 0 radical (unpaired) electrons. The van der Waals surface area contributed by atoms with Gasteiger partial charge in [-0.2, -0.15) is 0 Å². The summed E-state index contributed by atoms with van der Waals surface area (Å²) >= 11 is 0. The number of ether oxygens (including phenoxy) is 1. The number of aromatic nitrogens is 1. The van der Waals surface area contributed by atoms with Gasteiger partial charge in [0.2, 0.25) is 5.91 Å². The van der Waals surface area contributed by atoms with Crippen LogP contribution >= 0.6 is 0 Å². The molecule has 0 spiro atoms. The molecule has 0 saturated carbocycles. The number of hydrogen-bond donors (Lipinski definition) is 2. The Kier molecular flexibility index (Phi) is 7.70. The minimum absolute atomic E-state index is 0.0255. The minimum atomic E-state index is -0.712. The van der Waals surface area contributed by atoms with Gasteiger partial charge in [0, 0.05) is 30.9 Å². The van der Waals surface area contributed by atoms with Crippen molar-refractivity contribution < 1.29 is 23.5 Å². The summed E-state index contributed by atoms with van der Waals surface area (Å²) in [6.45, 7) is 2.19. The van der Waals surface area contributed by atoms with Crippen LogP contribution in [0.25, 0.3) is 11.1 Å². The van der Waals surface area contributed by atoms with Crippen LogP contribution in [0.4, 0.5) is 14.9 Å². The number of hydrogen-bond acceptors (Lipinski definition) is 6. The van der Waals surface area contributed by atoms with E-state index in [0.29, 0.717) is 41.8 Å². The lowest BCUT2D eigenvalue weighted by Gasteiger charge is -2.17. The number of Topliss-reactive ketones (excluding diaryl/α,β-unsaturated/α-hetero) is 1. The fourth-order valence-corrected chi connectivity index (χ4v) is 4.11. The van der Waals surface area contributed by atoms with Crippen LogP contribution in [-0.2, 0) is 20.9 Å². The van der Waals surface area contributed by atoms with E-state index >= 15 is 4.39 Å². The lowest BCUT2D eigenvalue weighted by molar-refractivity contribution is -0.120. The first-order valence-electron chi connectivity index (χ1n) is 11.6. The summed E-state index contributed by atoms with van der Waals surface area (Å²) in [5.41, 5.74) is 8.58. The number of pyridine rings is 1. The molecule has 1 saturated heterocycles. The number of carbonyl (C=O) groups excluding carboxylic acids is 3. The monoisotopic (exact) mass is 490 g/mol. The number of halogens is 1. The third-order valence-corrected chi connectivity index (χ3v) is 6.06. The molecule has 2 aromatic carbocycles. The van der Waals surface area contributed by atoms with Crippen LogP contribution in [0.15, 0.2) is 67.0 Å². The molecule has 4 rings (SSSR count). The second-order valence-electron chi connectivity index (χ2n) is 8.71. The maximum absolute atomic E-state index is 15.0. The van der Waals surface area contributed by atoms with Gasteiger partial charge in [-0.25, -0.2) is 9.18 Å². The van der Waals surface area contributed by atoms with Crippen molar-refractivity contribution in [2.75, 3.05) is 11.4 Å². The number of nitrogens with two attached hydrogens (primary N) is 1. The summed E-state index contributed by atoms with van der Waals surface area (Å²) in [5, 5.41) is 3.14. The Bertz CT molecular complexity index is 1250. The fourth-order valence-electron chi connectivity index (χ4n) is 4.11. The molecule has 2 amide bonds. The number of anilines is 1. The quantitative estimate of drug-likeness (QED) is 0.446. The molecular weight excluding hydrogens is 463 g/mol. The van der Waals surface area contributed by atoms with E-state index in [9.17, 15) is 14.4 Å². The van der Waals surface area contributed by atoms with Crippen LogP contribution in [0.2, 0.25) is 0 Å². The van der Waals surface area contributed by atoms with Crippen molar-refractivity contribution >= 4 is 23.5 Å². The lowest BCUT2D eigenvalue weighted by atomic mass is 9.99. The number of primary amides is 1. The summed E-state index contributed by atoms with van der Waals surface area (Å²) in [4.78, 5) is 40.8. The Labute approximate surface area is 208 Å². The molecule has 2 heterocycles. The SMILES string of the molecule is CC(=O)CC[C@H]1CN(c2ccc(-c3ccc([C@@H](NCc4ccncc4)C(N)=O)cc3)c(F)c2)C(=O)O1. The Morgan fingerprint density at radius 2 is 1.89 bits per heavy atom. The molecule has 3 N–H and O–H groups in total. The summed E-state index contributed by atoms with van der Waals surface area (Å²) in [6.07, 6.45) is 3.15. The third-order valence-electron chi connectivity index (χ3n) is 6.06. The van der Waals surface area contributed by atoms with Crippen molar-refractivity contribution in [1.29, 1.82) is 0 Å². The molecule has 186 valence electrons. The van der Waals surface area contributed by atoms with Gasteiger partial charge in [0.15, 0.2) is 0 Å². The number of ketones is 1. The molecule has 1 aliphatic rings. The molecule has 1 fully saturated rings. The highest BCUT2D eigenvalue weighted by atomic mass is 19.1. The molecule has 1 aliphatic heterocycles. The number of amides is 2. The van der Waals surface area contributed by atoms with Gasteiger partial charge in [0.1, 0.15) is 23.7 Å². The number of carbonyl (C=O) groups is 3. The van der Waals surface area contributed by atoms with Gasteiger partial charge in [-0.05, 0) is 60.4 Å². The maximum Gasteiger partial charge on any atom is 0.414 e. The largest absolute Gasteiger partial charge is 0.444 e. The van der Waals surface area contributed by atoms with Crippen molar-refractivity contribution in [2.45, 2.75) is 38.5 Å². The summed E-state index contributed by atoms with van der Waals surface area (Å²) in [6, 6.07) is 14.4. The van der Waals surface area contributed by atoms with Gasteiger partial charge in [0.05, 0.1) is 12.2 Å². The van der Waals surface area contributed by atoms with E-state index in [1.54, 1.807) is 48.8 Å². The molecule has 9 heteroatoms. The van der Waals surface area contributed by atoms with E-state index in [1.165, 1.54) is 17.9 Å². The summed E-state index contributed by atoms with van der Waals surface area (Å²) in [7, 11) is 0. The van der Waals surface area contributed by atoms with Crippen LogP contribution in [0.1, 0.15) is 36.9 Å². The second kappa shape index (κ2) is 11.1. The number of rotatable bonds is 10. The molecule has 8 nitrogen and oxygen atoms in total. The predicted molar refractivity (Wildman–Crippen MR) is 132 cm³/mol. The molecule has 0 aliphatic carbocycles. The molecular formula is C27H27FN4O4. The van der Waals surface area contributed by atoms with Crippen molar-refractivity contribution in [3.8, 4) is 11.1 Å². The number of nitrogens with one attached hydrogen (secondary N) is 1.